The van der Waals surface area contributed by atoms with Crippen LogP contribution in [-0.2, 0) is 6.42 Å². The Labute approximate surface area is 176 Å². The molecule has 1 heterocycles. The normalized spacial score (nSPS) is 19.4. The van der Waals surface area contributed by atoms with Crippen LogP contribution >= 0.6 is 24.0 Å². The molecule has 26 heavy (non-hydrogen) atoms. The molecule has 1 saturated heterocycles. The van der Waals surface area contributed by atoms with Crippen molar-refractivity contribution in [3.05, 3.63) is 29.8 Å². The molecule has 1 aliphatic rings. The fourth-order valence-electron chi connectivity index (χ4n) is 3.47. The lowest BCUT2D eigenvalue weighted by Crippen LogP contribution is -2.50. The molecule has 6 heteroatoms. The van der Waals surface area contributed by atoms with Gasteiger partial charge in [0.25, 0.3) is 0 Å². The lowest BCUT2D eigenvalue weighted by atomic mass is 10.0. The van der Waals surface area contributed by atoms with Crippen LogP contribution < -0.4 is 15.4 Å². The van der Waals surface area contributed by atoms with E-state index in [0.29, 0.717) is 12.1 Å². The van der Waals surface area contributed by atoms with E-state index in [4.69, 9.17) is 4.74 Å². The number of piperidine rings is 1. The third-order valence-corrected chi connectivity index (χ3v) is 5.07. The van der Waals surface area contributed by atoms with Gasteiger partial charge in [-0.05, 0) is 57.4 Å². The molecule has 5 nitrogen and oxygen atoms in total. The van der Waals surface area contributed by atoms with Gasteiger partial charge in [-0.25, -0.2) is 0 Å². The van der Waals surface area contributed by atoms with Crippen LogP contribution in [0.4, 0.5) is 0 Å². The fourth-order valence-corrected chi connectivity index (χ4v) is 3.47. The van der Waals surface area contributed by atoms with Gasteiger partial charge in [-0.15, -0.1) is 24.0 Å². The zero-order valence-corrected chi connectivity index (χ0v) is 19.0. The number of hydrogen-bond acceptors (Lipinski definition) is 3. The van der Waals surface area contributed by atoms with Gasteiger partial charge in [0.2, 0.25) is 0 Å². The number of likely N-dealkylation sites (tertiary alicyclic amines) is 1. The number of guanidine groups is 1. The first kappa shape index (κ1) is 23.0. The van der Waals surface area contributed by atoms with Crippen molar-refractivity contribution in [2.24, 2.45) is 4.99 Å². The third-order valence-electron chi connectivity index (χ3n) is 5.07. The first-order valence-corrected chi connectivity index (χ1v) is 9.47. The first-order chi connectivity index (χ1) is 12.1. The number of nitrogens with one attached hydrogen (secondary N) is 2. The summed E-state index contributed by atoms with van der Waals surface area (Å²) < 4.78 is 5.19. The molecule has 1 aliphatic heterocycles. The summed E-state index contributed by atoms with van der Waals surface area (Å²) in [6.07, 6.45) is 4.97. The minimum Gasteiger partial charge on any atom is -0.497 e. The number of halogens is 1. The van der Waals surface area contributed by atoms with Crippen LogP contribution in [-0.4, -0.2) is 56.7 Å². The van der Waals surface area contributed by atoms with E-state index in [1.165, 1.54) is 31.4 Å². The molecule has 1 aromatic rings. The highest BCUT2D eigenvalue weighted by Gasteiger charge is 2.22. The number of ether oxygens (including phenoxy) is 1. The molecule has 2 unspecified atom stereocenters. The first-order valence-electron chi connectivity index (χ1n) is 9.47. The molecule has 0 radical (unpaired) electrons. The van der Waals surface area contributed by atoms with Crippen molar-refractivity contribution >= 4 is 29.9 Å². The highest BCUT2D eigenvalue weighted by atomic mass is 127. The SMILES string of the molecule is CN=C(NCCc1ccc(OC)cc1)NCC(C)N1CCCCC1C.I. The number of hydrogen-bond donors (Lipinski definition) is 2. The molecule has 0 amide bonds. The Balaban J connectivity index is 0.00000338. The Morgan fingerprint density at radius 2 is 2.00 bits per heavy atom. The third kappa shape index (κ3) is 7.31. The predicted molar refractivity (Wildman–Crippen MR) is 121 cm³/mol. The lowest BCUT2D eigenvalue weighted by Gasteiger charge is -2.38. The van der Waals surface area contributed by atoms with E-state index in [0.717, 1.165) is 31.2 Å². The highest BCUT2D eigenvalue weighted by Crippen LogP contribution is 2.18. The van der Waals surface area contributed by atoms with Crippen LogP contribution in [0.5, 0.6) is 5.75 Å². The maximum atomic E-state index is 5.19. The summed E-state index contributed by atoms with van der Waals surface area (Å²) >= 11 is 0. The van der Waals surface area contributed by atoms with E-state index < -0.39 is 0 Å². The summed E-state index contributed by atoms with van der Waals surface area (Å²) in [5, 5.41) is 6.87. The largest absolute Gasteiger partial charge is 0.497 e. The second-order valence-corrected chi connectivity index (χ2v) is 6.91. The van der Waals surface area contributed by atoms with Crippen LogP contribution in [0.2, 0.25) is 0 Å². The number of nitrogens with zero attached hydrogens (tertiary/aromatic N) is 2. The van der Waals surface area contributed by atoms with E-state index in [-0.39, 0.29) is 24.0 Å². The van der Waals surface area contributed by atoms with Gasteiger partial charge in [0.05, 0.1) is 7.11 Å². The molecule has 2 atom stereocenters. The Bertz CT molecular complexity index is 535. The molecule has 2 N–H and O–H groups in total. The molecule has 0 saturated carbocycles. The van der Waals surface area contributed by atoms with Gasteiger partial charge in [-0.2, -0.15) is 0 Å². The molecule has 0 spiro atoms. The molecule has 2 rings (SSSR count). The second kappa shape index (κ2) is 12.4. The van der Waals surface area contributed by atoms with Crippen molar-refractivity contribution in [1.29, 1.82) is 0 Å². The van der Waals surface area contributed by atoms with Gasteiger partial charge < -0.3 is 15.4 Å². The van der Waals surface area contributed by atoms with E-state index in [1.807, 2.05) is 19.2 Å². The maximum absolute atomic E-state index is 5.19. The van der Waals surface area contributed by atoms with Crippen LogP contribution in [0.25, 0.3) is 0 Å². The molecular weight excluding hydrogens is 439 g/mol. The average molecular weight is 474 g/mol. The van der Waals surface area contributed by atoms with Gasteiger partial charge in [0.1, 0.15) is 5.75 Å². The van der Waals surface area contributed by atoms with Gasteiger partial charge >= 0.3 is 0 Å². The monoisotopic (exact) mass is 474 g/mol. The standard InChI is InChI=1S/C20H34N4O.HI/c1-16-7-5-6-14-24(16)17(2)15-23-20(21-3)22-13-12-18-8-10-19(25-4)11-9-18;/h8-11,16-17H,5-7,12-15H2,1-4H3,(H2,21,22,23);1H. The summed E-state index contributed by atoms with van der Waals surface area (Å²) in [7, 11) is 3.52. The summed E-state index contributed by atoms with van der Waals surface area (Å²) in [4.78, 5) is 6.95. The van der Waals surface area contributed by atoms with Gasteiger partial charge in [-0.3, -0.25) is 9.89 Å². The molecule has 0 aliphatic carbocycles. The maximum Gasteiger partial charge on any atom is 0.191 e. The van der Waals surface area contributed by atoms with Crippen molar-refractivity contribution in [2.45, 2.75) is 51.6 Å². The van der Waals surface area contributed by atoms with Crippen molar-refractivity contribution < 1.29 is 4.74 Å². The van der Waals surface area contributed by atoms with Crippen molar-refractivity contribution in [3.63, 3.8) is 0 Å². The van der Waals surface area contributed by atoms with E-state index in [9.17, 15) is 0 Å². The van der Waals surface area contributed by atoms with Crippen molar-refractivity contribution in [3.8, 4) is 5.75 Å². The van der Waals surface area contributed by atoms with Gasteiger partial charge in [0, 0.05) is 32.2 Å². The smallest absolute Gasteiger partial charge is 0.191 e. The van der Waals surface area contributed by atoms with Crippen LogP contribution in [0.15, 0.2) is 29.3 Å². The lowest BCUT2D eigenvalue weighted by molar-refractivity contribution is 0.115. The molecule has 0 aromatic heterocycles. The van der Waals surface area contributed by atoms with Crippen LogP contribution in [0, 0.1) is 0 Å². The average Bonchev–Trinajstić information content (AvgIpc) is 2.65. The minimum atomic E-state index is 0. The second-order valence-electron chi connectivity index (χ2n) is 6.91. The van der Waals surface area contributed by atoms with Crippen LogP contribution in [0.3, 0.4) is 0 Å². The molecular formula is C20H35IN4O. The van der Waals surface area contributed by atoms with E-state index in [2.05, 4.69) is 46.5 Å². The fraction of sp³-hybridized carbons (Fsp3) is 0.650. The van der Waals surface area contributed by atoms with Crippen LogP contribution in [0.1, 0.15) is 38.7 Å². The summed E-state index contributed by atoms with van der Waals surface area (Å²) in [6, 6.07) is 9.44. The summed E-state index contributed by atoms with van der Waals surface area (Å²) in [6.45, 7) is 7.65. The topological polar surface area (TPSA) is 48.9 Å². The number of aliphatic imine (C=N–C) groups is 1. The van der Waals surface area contributed by atoms with E-state index in [1.54, 1.807) is 7.11 Å². The van der Waals surface area contributed by atoms with Gasteiger partial charge in [-0.1, -0.05) is 18.6 Å². The van der Waals surface area contributed by atoms with Crippen molar-refractivity contribution in [1.82, 2.24) is 15.5 Å². The zero-order valence-electron chi connectivity index (χ0n) is 16.6. The quantitative estimate of drug-likeness (QED) is 0.362. The van der Waals surface area contributed by atoms with Crippen molar-refractivity contribution in [2.75, 3.05) is 33.8 Å². The Morgan fingerprint density at radius 1 is 1.27 bits per heavy atom. The molecule has 1 aromatic carbocycles. The zero-order chi connectivity index (χ0) is 18.1. The Kier molecular flexibility index (Phi) is 11.0. The minimum absolute atomic E-state index is 0. The molecule has 1 fully saturated rings. The number of benzene rings is 1. The molecule has 0 bridgehead atoms. The van der Waals surface area contributed by atoms with Gasteiger partial charge in [0.15, 0.2) is 5.96 Å². The summed E-state index contributed by atoms with van der Waals surface area (Å²) in [5.41, 5.74) is 1.29. The van der Waals surface area contributed by atoms with E-state index >= 15 is 0 Å². The highest BCUT2D eigenvalue weighted by molar-refractivity contribution is 14.0. The Hall–Kier alpha value is -1.02. The Morgan fingerprint density at radius 3 is 2.62 bits per heavy atom. The summed E-state index contributed by atoms with van der Waals surface area (Å²) in [5.74, 6) is 1.78. The molecule has 148 valence electrons. The number of rotatable bonds is 7. The predicted octanol–water partition coefficient (Wildman–Crippen LogP) is 3.28. The number of methoxy groups -OCH3 is 1.